The molecule has 0 aliphatic carbocycles. The highest BCUT2D eigenvalue weighted by atomic mass is 32.2. The molecule has 0 bridgehead atoms. The number of halogens is 4. The Morgan fingerprint density at radius 1 is 1.33 bits per heavy atom. The van der Waals surface area contributed by atoms with E-state index in [4.69, 9.17) is 5.11 Å². The first-order chi connectivity index (χ1) is 10.8. The summed E-state index contributed by atoms with van der Waals surface area (Å²) in [6.07, 6.45) is -5.30. The van der Waals surface area contributed by atoms with Crippen molar-refractivity contribution in [2.75, 3.05) is 0 Å². The van der Waals surface area contributed by atoms with Crippen LogP contribution in [0.5, 0.6) is 5.75 Å². The summed E-state index contributed by atoms with van der Waals surface area (Å²) < 4.78 is 80.0. The molecule has 0 radical (unpaired) electrons. The molecule has 1 rings (SSSR count). The van der Waals surface area contributed by atoms with Gasteiger partial charge in [-0.2, -0.15) is 4.72 Å². The first kappa shape index (κ1) is 20.2. The Hall–Kier alpha value is -1.88. The van der Waals surface area contributed by atoms with Crippen LogP contribution in [-0.4, -0.2) is 31.9 Å². The van der Waals surface area contributed by atoms with Gasteiger partial charge in [0.05, 0.1) is 0 Å². The maximum atomic E-state index is 14.0. The summed E-state index contributed by atoms with van der Waals surface area (Å²) in [6.45, 7) is 3.28. The van der Waals surface area contributed by atoms with Gasteiger partial charge in [-0.05, 0) is 24.5 Å². The van der Waals surface area contributed by atoms with Gasteiger partial charge in [0.25, 0.3) is 0 Å². The topological polar surface area (TPSA) is 92.7 Å². The van der Waals surface area contributed by atoms with Gasteiger partial charge in [0, 0.05) is 0 Å². The molecule has 0 fully saturated rings. The Bertz CT molecular complexity index is 703. The summed E-state index contributed by atoms with van der Waals surface area (Å²) in [4.78, 5) is 9.95. The minimum atomic E-state index is -5.21. The number of benzene rings is 1. The molecule has 136 valence electrons. The van der Waals surface area contributed by atoms with Crippen LogP contribution in [0.4, 0.5) is 17.6 Å². The molecular formula is C13H15F4NO5S. The standard InChI is InChI=1S/C13H15F4NO5S/c1-7(2)6-8(12(19)20)18-24(21,22)10-5-3-4-9(11(10)14)23-13(15,16)17/h3-5,7-8,18H,6H2,1-2H3,(H,19,20)/t8-/m0/s1. The molecule has 24 heavy (non-hydrogen) atoms. The van der Waals surface area contributed by atoms with E-state index in [1.54, 1.807) is 18.6 Å². The van der Waals surface area contributed by atoms with Crippen molar-refractivity contribution < 1.29 is 40.6 Å². The van der Waals surface area contributed by atoms with E-state index in [9.17, 15) is 30.8 Å². The van der Waals surface area contributed by atoms with E-state index < -0.39 is 44.9 Å². The molecule has 0 aliphatic rings. The lowest BCUT2D eigenvalue weighted by molar-refractivity contribution is -0.275. The SMILES string of the molecule is CC(C)C[C@H](NS(=O)(=O)c1cccc(OC(F)(F)F)c1F)C(=O)O. The number of hydrogen-bond acceptors (Lipinski definition) is 4. The van der Waals surface area contributed by atoms with Gasteiger partial charge in [0.1, 0.15) is 10.9 Å². The van der Waals surface area contributed by atoms with Gasteiger partial charge in [0.15, 0.2) is 11.6 Å². The van der Waals surface area contributed by atoms with Crippen LogP contribution in [0.25, 0.3) is 0 Å². The predicted octanol–water partition coefficient (Wildman–Crippen LogP) is 2.50. The Balaban J connectivity index is 3.19. The number of hydrogen-bond donors (Lipinski definition) is 2. The number of aliphatic carboxylic acids is 1. The molecule has 0 aromatic heterocycles. The summed E-state index contributed by atoms with van der Waals surface area (Å²) in [7, 11) is -4.71. The molecule has 0 unspecified atom stereocenters. The highest BCUT2D eigenvalue weighted by Crippen LogP contribution is 2.29. The fourth-order valence-corrected chi connectivity index (χ4v) is 3.12. The smallest absolute Gasteiger partial charge is 0.480 e. The lowest BCUT2D eigenvalue weighted by Gasteiger charge is -2.17. The molecule has 1 aromatic carbocycles. The van der Waals surface area contributed by atoms with Crippen LogP contribution in [0.1, 0.15) is 20.3 Å². The average Bonchev–Trinajstić information content (AvgIpc) is 2.37. The predicted molar refractivity (Wildman–Crippen MR) is 74.3 cm³/mol. The molecule has 0 spiro atoms. The van der Waals surface area contributed by atoms with Crippen molar-refractivity contribution in [1.29, 1.82) is 0 Å². The van der Waals surface area contributed by atoms with Gasteiger partial charge in [-0.25, -0.2) is 12.8 Å². The van der Waals surface area contributed by atoms with Crippen molar-refractivity contribution >= 4 is 16.0 Å². The number of carbonyl (C=O) groups is 1. The second-order valence-corrected chi connectivity index (χ2v) is 6.94. The first-order valence-corrected chi connectivity index (χ1v) is 8.11. The number of carboxylic acid groups (broad SMARTS) is 1. The maximum Gasteiger partial charge on any atom is 0.573 e. The van der Waals surface area contributed by atoms with Crippen LogP contribution in [-0.2, 0) is 14.8 Å². The van der Waals surface area contributed by atoms with Crippen molar-refractivity contribution in [3.63, 3.8) is 0 Å². The van der Waals surface area contributed by atoms with E-state index in [-0.39, 0.29) is 12.3 Å². The molecular weight excluding hydrogens is 358 g/mol. The molecule has 2 N–H and O–H groups in total. The van der Waals surface area contributed by atoms with Gasteiger partial charge in [0.2, 0.25) is 10.0 Å². The van der Waals surface area contributed by atoms with E-state index in [1.165, 1.54) is 0 Å². The van der Waals surface area contributed by atoms with Crippen molar-refractivity contribution in [1.82, 2.24) is 4.72 Å². The third-order valence-electron chi connectivity index (χ3n) is 2.75. The lowest BCUT2D eigenvalue weighted by atomic mass is 10.1. The quantitative estimate of drug-likeness (QED) is 0.717. The summed E-state index contributed by atoms with van der Waals surface area (Å²) in [5.41, 5.74) is 0. The lowest BCUT2D eigenvalue weighted by Crippen LogP contribution is -2.41. The Morgan fingerprint density at radius 3 is 2.38 bits per heavy atom. The van der Waals surface area contributed by atoms with E-state index in [2.05, 4.69) is 4.74 Å². The second kappa shape index (κ2) is 7.34. The third-order valence-corrected chi connectivity index (χ3v) is 4.23. The van der Waals surface area contributed by atoms with E-state index in [0.29, 0.717) is 12.1 Å². The molecule has 1 aromatic rings. The second-order valence-electron chi connectivity index (χ2n) is 5.26. The molecule has 0 heterocycles. The zero-order chi connectivity index (χ0) is 18.7. The first-order valence-electron chi connectivity index (χ1n) is 6.63. The number of sulfonamides is 1. The van der Waals surface area contributed by atoms with Crippen molar-refractivity contribution in [3.05, 3.63) is 24.0 Å². The van der Waals surface area contributed by atoms with Crippen LogP contribution in [0.2, 0.25) is 0 Å². The molecule has 0 amide bonds. The van der Waals surface area contributed by atoms with Gasteiger partial charge >= 0.3 is 12.3 Å². The molecule has 6 nitrogen and oxygen atoms in total. The largest absolute Gasteiger partial charge is 0.573 e. The van der Waals surface area contributed by atoms with Crippen LogP contribution < -0.4 is 9.46 Å². The molecule has 0 saturated carbocycles. The van der Waals surface area contributed by atoms with Gasteiger partial charge in [-0.1, -0.05) is 19.9 Å². The molecule has 0 saturated heterocycles. The number of nitrogens with one attached hydrogen (secondary N) is 1. The van der Waals surface area contributed by atoms with E-state index in [1.807, 2.05) is 0 Å². The van der Waals surface area contributed by atoms with Crippen molar-refractivity contribution in [3.8, 4) is 5.75 Å². The fraction of sp³-hybridized carbons (Fsp3) is 0.462. The zero-order valence-electron chi connectivity index (χ0n) is 12.6. The number of alkyl halides is 3. The normalized spacial score (nSPS) is 13.8. The van der Waals surface area contributed by atoms with Gasteiger partial charge in [-0.15, -0.1) is 13.2 Å². The highest BCUT2D eigenvalue weighted by Gasteiger charge is 2.35. The van der Waals surface area contributed by atoms with E-state index in [0.717, 1.165) is 6.07 Å². The number of carboxylic acids is 1. The number of ether oxygens (including phenoxy) is 1. The Kier molecular flexibility index (Phi) is 6.17. The maximum absolute atomic E-state index is 14.0. The van der Waals surface area contributed by atoms with Gasteiger partial charge < -0.3 is 9.84 Å². The summed E-state index contributed by atoms with van der Waals surface area (Å²) >= 11 is 0. The third kappa shape index (κ3) is 5.64. The summed E-state index contributed by atoms with van der Waals surface area (Å²) in [6, 6.07) is 0.595. The van der Waals surface area contributed by atoms with Gasteiger partial charge in [-0.3, -0.25) is 4.79 Å². The number of rotatable bonds is 7. The van der Waals surface area contributed by atoms with E-state index >= 15 is 0 Å². The molecule has 1 atom stereocenters. The average molecular weight is 373 g/mol. The summed E-state index contributed by atoms with van der Waals surface area (Å²) in [5.74, 6) is -4.79. The van der Waals surface area contributed by atoms with Crippen LogP contribution >= 0.6 is 0 Å². The molecule has 11 heteroatoms. The highest BCUT2D eigenvalue weighted by molar-refractivity contribution is 7.89. The minimum Gasteiger partial charge on any atom is -0.480 e. The van der Waals surface area contributed by atoms with Crippen molar-refractivity contribution in [2.24, 2.45) is 5.92 Å². The fourth-order valence-electron chi connectivity index (χ4n) is 1.82. The Morgan fingerprint density at radius 2 is 1.92 bits per heavy atom. The van der Waals surface area contributed by atoms with Crippen molar-refractivity contribution in [2.45, 2.75) is 37.6 Å². The van der Waals surface area contributed by atoms with Crippen LogP contribution in [0.3, 0.4) is 0 Å². The minimum absolute atomic E-state index is 0.0884. The van der Waals surface area contributed by atoms with Crippen LogP contribution in [0, 0.1) is 11.7 Å². The van der Waals surface area contributed by atoms with Crippen LogP contribution in [0.15, 0.2) is 23.1 Å². The monoisotopic (exact) mass is 373 g/mol. The summed E-state index contributed by atoms with van der Waals surface area (Å²) in [5, 5.41) is 9.01. The zero-order valence-corrected chi connectivity index (χ0v) is 13.4. The Labute approximate surface area is 135 Å². The molecule has 0 aliphatic heterocycles.